The second-order valence-electron chi connectivity index (χ2n) is 6.69. The molecule has 5 rings (SSSR count). The Labute approximate surface area is 139 Å². The summed E-state index contributed by atoms with van der Waals surface area (Å²) in [6.07, 6.45) is 6.77. The molecule has 2 fully saturated rings. The fourth-order valence-corrected chi connectivity index (χ4v) is 4.17. The number of likely N-dealkylation sites (tertiary alicyclic amines) is 1. The lowest BCUT2D eigenvalue weighted by atomic mass is 10.1. The van der Waals surface area contributed by atoms with Gasteiger partial charge in [0.1, 0.15) is 5.65 Å². The van der Waals surface area contributed by atoms with E-state index in [2.05, 4.69) is 42.8 Å². The molecule has 7 nitrogen and oxygen atoms in total. The van der Waals surface area contributed by atoms with E-state index >= 15 is 0 Å². The first-order valence-corrected chi connectivity index (χ1v) is 8.22. The number of nitrogens with zero attached hydrogens (tertiary/aromatic N) is 5. The first-order chi connectivity index (χ1) is 11.7. The Balaban J connectivity index is 1.66. The zero-order valence-electron chi connectivity index (χ0n) is 13.5. The average molecular weight is 321 g/mol. The van der Waals surface area contributed by atoms with Gasteiger partial charge in [0.15, 0.2) is 0 Å². The Hall–Kier alpha value is -2.67. The summed E-state index contributed by atoms with van der Waals surface area (Å²) in [6.45, 7) is 2.19. The number of H-pyrrole nitrogens is 1. The molecule has 2 unspecified atom stereocenters. The van der Waals surface area contributed by atoms with Gasteiger partial charge in [-0.15, -0.1) is 0 Å². The minimum atomic E-state index is 0.286. The lowest BCUT2D eigenvalue weighted by Gasteiger charge is -2.34. The molecule has 5 heterocycles. The molecule has 0 aliphatic carbocycles. The summed E-state index contributed by atoms with van der Waals surface area (Å²) in [5.74, 6) is 0.286. The zero-order valence-corrected chi connectivity index (χ0v) is 13.5. The SMILES string of the molecule is CN1CC2CC1CN2c1ccnc2[nH]cc(-c3ccnc(N)n3)c12. The summed E-state index contributed by atoms with van der Waals surface area (Å²) in [5, 5.41) is 1.12. The van der Waals surface area contributed by atoms with E-state index in [4.69, 9.17) is 5.73 Å². The largest absolute Gasteiger partial charge is 0.368 e. The Bertz CT molecular complexity index is 916. The van der Waals surface area contributed by atoms with Crippen molar-refractivity contribution in [2.24, 2.45) is 0 Å². The van der Waals surface area contributed by atoms with Crippen LogP contribution in [0.5, 0.6) is 0 Å². The van der Waals surface area contributed by atoms with Crippen molar-refractivity contribution in [3.8, 4) is 11.3 Å². The standard InChI is InChI=1S/C17H19N7/c1-23-8-11-6-10(23)9-24(11)14-3-5-19-16-15(14)12(7-21-16)13-2-4-20-17(18)22-13/h2-5,7,10-11H,6,8-9H2,1H3,(H,19,21)(H2,18,20,22). The van der Waals surface area contributed by atoms with E-state index in [1.54, 1.807) is 6.20 Å². The fourth-order valence-electron chi connectivity index (χ4n) is 4.17. The van der Waals surface area contributed by atoms with Crippen LogP contribution in [0.4, 0.5) is 11.6 Å². The van der Waals surface area contributed by atoms with Gasteiger partial charge in [-0.2, -0.15) is 0 Å². The predicted octanol–water partition coefficient (Wildman–Crippen LogP) is 1.49. The van der Waals surface area contributed by atoms with Crippen LogP contribution in [-0.2, 0) is 0 Å². The number of nitrogens with one attached hydrogen (secondary N) is 1. The maximum absolute atomic E-state index is 5.77. The molecule has 0 aromatic carbocycles. The molecule has 2 bridgehead atoms. The van der Waals surface area contributed by atoms with Crippen LogP contribution < -0.4 is 10.6 Å². The summed E-state index contributed by atoms with van der Waals surface area (Å²) in [6, 6.07) is 5.23. The van der Waals surface area contributed by atoms with E-state index in [0.29, 0.717) is 12.1 Å². The Morgan fingerprint density at radius 1 is 1.17 bits per heavy atom. The van der Waals surface area contributed by atoms with Crippen LogP contribution in [0.2, 0.25) is 0 Å². The van der Waals surface area contributed by atoms with E-state index < -0.39 is 0 Å². The number of rotatable bonds is 2. The van der Waals surface area contributed by atoms with Crippen LogP contribution in [0.15, 0.2) is 30.7 Å². The second kappa shape index (κ2) is 4.91. The summed E-state index contributed by atoms with van der Waals surface area (Å²) in [7, 11) is 2.22. The van der Waals surface area contributed by atoms with Crippen molar-refractivity contribution < 1.29 is 0 Å². The number of piperazine rings is 1. The summed E-state index contributed by atoms with van der Waals surface area (Å²) in [5.41, 5.74) is 9.74. The van der Waals surface area contributed by atoms with Gasteiger partial charge in [0.25, 0.3) is 0 Å². The average Bonchev–Trinajstić information content (AvgIpc) is 3.27. The Morgan fingerprint density at radius 2 is 2.04 bits per heavy atom. The molecule has 24 heavy (non-hydrogen) atoms. The number of hydrogen-bond donors (Lipinski definition) is 2. The molecule has 2 atom stereocenters. The molecule has 3 N–H and O–H groups in total. The molecule has 122 valence electrons. The van der Waals surface area contributed by atoms with Crippen molar-refractivity contribution in [3.05, 3.63) is 30.7 Å². The quantitative estimate of drug-likeness (QED) is 0.744. The van der Waals surface area contributed by atoms with Crippen LogP contribution in [0.1, 0.15) is 6.42 Å². The highest BCUT2D eigenvalue weighted by Crippen LogP contribution is 2.40. The molecule has 0 amide bonds. The molecule has 2 aliphatic heterocycles. The molecule has 0 spiro atoms. The summed E-state index contributed by atoms with van der Waals surface area (Å²) < 4.78 is 0. The molecule has 7 heteroatoms. The first-order valence-electron chi connectivity index (χ1n) is 8.22. The lowest BCUT2D eigenvalue weighted by Crippen LogP contribution is -2.44. The molecule has 3 aromatic rings. The number of anilines is 2. The topological polar surface area (TPSA) is 87.0 Å². The van der Waals surface area contributed by atoms with Crippen molar-refractivity contribution in [1.82, 2.24) is 24.8 Å². The zero-order chi connectivity index (χ0) is 16.3. The monoisotopic (exact) mass is 321 g/mol. The molecular formula is C17H19N7. The van der Waals surface area contributed by atoms with Crippen LogP contribution in [0.25, 0.3) is 22.3 Å². The highest BCUT2D eigenvalue weighted by molar-refractivity contribution is 6.02. The fraction of sp³-hybridized carbons (Fsp3) is 0.353. The van der Waals surface area contributed by atoms with Crippen LogP contribution in [0.3, 0.4) is 0 Å². The first kappa shape index (κ1) is 13.7. The van der Waals surface area contributed by atoms with Crippen LogP contribution in [-0.4, -0.2) is 57.1 Å². The van der Waals surface area contributed by atoms with E-state index in [9.17, 15) is 0 Å². The van der Waals surface area contributed by atoms with Gasteiger partial charge in [-0.25, -0.2) is 15.0 Å². The van der Waals surface area contributed by atoms with Crippen LogP contribution >= 0.6 is 0 Å². The van der Waals surface area contributed by atoms with E-state index in [1.807, 2.05) is 18.5 Å². The van der Waals surface area contributed by atoms with E-state index in [0.717, 1.165) is 35.4 Å². The minimum absolute atomic E-state index is 0.286. The molecule has 0 radical (unpaired) electrons. The maximum Gasteiger partial charge on any atom is 0.220 e. The van der Waals surface area contributed by atoms with Crippen molar-refractivity contribution in [1.29, 1.82) is 0 Å². The van der Waals surface area contributed by atoms with Crippen molar-refractivity contribution in [3.63, 3.8) is 0 Å². The normalized spacial score (nSPS) is 23.5. The number of aromatic nitrogens is 4. The van der Waals surface area contributed by atoms with Gasteiger partial charge < -0.3 is 15.6 Å². The van der Waals surface area contributed by atoms with Crippen molar-refractivity contribution in [2.45, 2.75) is 18.5 Å². The third kappa shape index (κ3) is 1.91. The number of likely N-dealkylation sites (N-methyl/N-ethyl adjacent to an activating group) is 1. The minimum Gasteiger partial charge on any atom is -0.368 e. The molecule has 2 saturated heterocycles. The molecular weight excluding hydrogens is 302 g/mol. The molecule has 0 saturated carbocycles. The van der Waals surface area contributed by atoms with Gasteiger partial charge in [-0.05, 0) is 25.6 Å². The van der Waals surface area contributed by atoms with Crippen molar-refractivity contribution >= 4 is 22.7 Å². The number of nitrogen functional groups attached to an aromatic ring is 1. The third-order valence-corrected chi connectivity index (χ3v) is 5.33. The third-order valence-electron chi connectivity index (χ3n) is 5.33. The highest BCUT2D eigenvalue weighted by Gasteiger charge is 2.42. The predicted molar refractivity (Wildman–Crippen MR) is 93.7 cm³/mol. The lowest BCUT2D eigenvalue weighted by molar-refractivity contribution is 0.293. The van der Waals surface area contributed by atoms with Gasteiger partial charge >= 0.3 is 0 Å². The number of pyridine rings is 1. The van der Waals surface area contributed by atoms with Gasteiger partial charge in [-0.3, -0.25) is 4.90 Å². The van der Waals surface area contributed by atoms with E-state index in [-0.39, 0.29) is 5.95 Å². The second-order valence-corrected chi connectivity index (χ2v) is 6.69. The number of hydrogen-bond acceptors (Lipinski definition) is 6. The van der Waals surface area contributed by atoms with Gasteiger partial charge in [0, 0.05) is 49.3 Å². The maximum atomic E-state index is 5.77. The highest BCUT2D eigenvalue weighted by atomic mass is 15.3. The summed E-state index contributed by atoms with van der Waals surface area (Å²) in [4.78, 5) is 21.1. The van der Waals surface area contributed by atoms with Crippen LogP contribution in [0, 0.1) is 0 Å². The number of fused-ring (bicyclic) bond motifs is 3. The van der Waals surface area contributed by atoms with Crippen molar-refractivity contribution in [2.75, 3.05) is 30.8 Å². The number of nitrogens with two attached hydrogens (primary N) is 1. The van der Waals surface area contributed by atoms with Gasteiger partial charge in [0.05, 0.1) is 16.8 Å². The van der Waals surface area contributed by atoms with Gasteiger partial charge in [-0.1, -0.05) is 0 Å². The van der Waals surface area contributed by atoms with Gasteiger partial charge in [0.2, 0.25) is 5.95 Å². The Kier molecular flexibility index (Phi) is 2.81. The number of aromatic amines is 1. The smallest absolute Gasteiger partial charge is 0.220 e. The Morgan fingerprint density at radius 3 is 2.79 bits per heavy atom. The molecule has 3 aromatic heterocycles. The summed E-state index contributed by atoms with van der Waals surface area (Å²) >= 11 is 0. The van der Waals surface area contributed by atoms with E-state index in [1.165, 1.54) is 12.1 Å². The molecule has 2 aliphatic rings.